The summed E-state index contributed by atoms with van der Waals surface area (Å²) in [5.41, 5.74) is 0.884. The van der Waals surface area contributed by atoms with Gasteiger partial charge in [0.1, 0.15) is 17.4 Å². The number of aromatic hydroxyl groups is 1. The van der Waals surface area contributed by atoms with E-state index >= 15 is 0 Å². The van der Waals surface area contributed by atoms with Gasteiger partial charge in [-0.15, -0.1) is 0 Å². The van der Waals surface area contributed by atoms with Crippen LogP contribution in [0.3, 0.4) is 0 Å². The van der Waals surface area contributed by atoms with Gasteiger partial charge >= 0.3 is 0 Å². The lowest BCUT2D eigenvalue weighted by atomic mass is 10.2. The molecule has 0 aliphatic carbocycles. The lowest BCUT2D eigenvalue weighted by molar-refractivity contribution is -0.112. The number of phenols is 1. The quantitative estimate of drug-likeness (QED) is 0.443. The van der Waals surface area contributed by atoms with Gasteiger partial charge in [-0.25, -0.2) is 0 Å². The standard InChI is InChI=1S/C16H12BrN3O2/c17-12-5-7-13(8-6-12)19-10-11(9-18)16(22)20-14-3-1-2-4-15(14)21/h1-8,10,19,21H,(H,20,22)/b11-10-. The van der Waals surface area contributed by atoms with E-state index in [1.54, 1.807) is 30.3 Å². The third-order valence-electron chi connectivity index (χ3n) is 2.74. The Morgan fingerprint density at radius 2 is 1.86 bits per heavy atom. The van der Waals surface area contributed by atoms with Crippen LogP contribution in [-0.4, -0.2) is 11.0 Å². The van der Waals surface area contributed by atoms with Gasteiger partial charge in [0.05, 0.1) is 5.69 Å². The molecule has 110 valence electrons. The highest BCUT2D eigenvalue weighted by atomic mass is 79.9. The number of nitrogens with zero attached hydrogens (tertiary/aromatic N) is 1. The molecule has 22 heavy (non-hydrogen) atoms. The first kappa shape index (κ1) is 15.6. The molecule has 0 fully saturated rings. The van der Waals surface area contributed by atoms with Crippen molar-refractivity contribution < 1.29 is 9.90 Å². The van der Waals surface area contributed by atoms with Crippen molar-refractivity contribution in [2.45, 2.75) is 0 Å². The van der Waals surface area contributed by atoms with Crippen LogP contribution in [0, 0.1) is 11.3 Å². The largest absolute Gasteiger partial charge is 0.506 e. The Kier molecular flexibility index (Phi) is 5.17. The lowest BCUT2D eigenvalue weighted by Crippen LogP contribution is -2.14. The van der Waals surface area contributed by atoms with Gasteiger partial charge in [0, 0.05) is 16.4 Å². The van der Waals surface area contributed by atoms with E-state index in [0.29, 0.717) is 0 Å². The first-order chi connectivity index (χ1) is 10.6. The number of rotatable bonds is 4. The van der Waals surface area contributed by atoms with Crippen molar-refractivity contribution in [1.29, 1.82) is 5.26 Å². The Bertz CT molecular complexity index is 749. The van der Waals surface area contributed by atoms with Crippen LogP contribution in [0.1, 0.15) is 0 Å². The van der Waals surface area contributed by atoms with E-state index in [0.717, 1.165) is 10.2 Å². The van der Waals surface area contributed by atoms with E-state index in [-0.39, 0.29) is 17.0 Å². The Labute approximate surface area is 136 Å². The topological polar surface area (TPSA) is 85.2 Å². The summed E-state index contributed by atoms with van der Waals surface area (Å²) in [6.07, 6.45) is 1.32. The molecule has 0 aliphatic heterocycles. The molecule has 5 nitrogen and oxygen atoms in total. The Morgan fingerprint density at radius 3 is 2.50 bits per heavy atom. The SMILES string of the molecule is N#C/C(=C/Nc1ccc(Br)cc1)C(=O)Nc1ccccc1O. The number of hydrogen-bond donors (Lipinski definition) is 3. The monoisotopic (exact) mass is 357 g/mol. The van der Waals surface area contributed by atoms with Crippen molar-refractivity contribution in [1.82, 2.24) is 0 Å². The second-order valence-electron chi connectivity index (χ2n) is 4.29. The van der Waals surface area contributed by atoms with Crippen LogP contribution in [0.25, 0.3) is 0 Å². The summed E-state index contributed by atoms with van der Waals surface area (Å²) < 4.78 is 0.930. The van der Waals surface area contributed by atoms with Crippen LogP contribution >= 0.6 is 15.9 Å². The average molecular weight is 358 g/mol. The van der Waals surface area contributed by atoms with Gasteiger partial charge in [-0.05, 0) is 36.4 Å². The lowest BCUT2D eigenvalue weighted by Gasteiger charge is -2.06. The molecule has 0 unspecified atom stereocenters. The van der Waals surface area contributed by atoms with E-state index in [4.69, 9.17) is 5.26 Å². The first-order valence-electron chi connectivity index (χ1n) is 6.32. The minimum Gasteiger partial charge on any atom is -0.506 e. The molecule has 0 saturated carbocycles. The van der Waals surface area contributed by atoms with Crippen LogP contribution in [0.15, 0.2) is 64.8 Å². The van der Waals surface area contributed by atoms with Gasteiger partial charge in [0.15, 0.2) is 0 Å². The molecule has 6 heteroatoms. The zero-order valence-corrected chi connectivity index (χ0v) is 13.0. The van der Waals surface area contributed by atoms with Crippen molar-refractivity contribution >= 4 is 33.2 Å². The molecule has 0 saturated heterocycles. The maximum Gasteiger partial charge on any atom is 0.267 e. The van der Waals surface area contributed by atoms with Gasteiger partial charge in [-0.2, -0.15) is 5.26 Å². The Hall–Kier alpha value is -2.78. The number of nitrogens with one attached hydrogen (secondary N) is 2. The van der Waals surface area contributed by atoms with Crippen LogP contribution in [0.2, 0.25) is 0 Å². The summed E-state index contributed by atoms with van der Waals surface area (Å²) in [5.74, 6) is -0.664. The molecule has 3 N–H and O–H groups in total. The van der Waals surface area contributed by atoms with E-state index in [2.05, 4.69) is 26.6 Å². The van der Waals surface area contributed by atoms with Crippen molar-refractivity contribution in [3.8, 4) is 11.8 Å². The van der Waals surface area contributed by atoms with E-state index in [1.165, 1.54) is 12.3 Å². The smallest absolute Gasteiger partial charge is 0.267 e. The molecule has 0 radical (unpaired) electrons. The number of nitriles is 1. The number of halogens is 1. The number of benzene rings is 2. The second-order valence-corrected chi connectivity index (χ2v) is 5.21. The summed E-state index contributed by atoms with van der Waals surface area (Å²) in [5, 5.41) is 24.0. The van der Waals surface area contributed by atoms with Crippen molar-refractivity contribution in [3.63, 3.8) is 0 Å². The fourth-order valence-corrected chi connectivity index (χ4v) is 1.88. The van der Waals surface area contributed by atoms with Gasteiger partial charge in [-0.3, -0.25) is 4.79 Å². The molecule has 0 spiro atoms. The van der Waals surface area contributed by atoms with Crippen molar-refractivity contribution in [2.75, 3.05) is 10.6 Å². The average Bonchev–Trinajstić information content (AvgIpc) is 2.52. The van der Waals surface area contributed by atoms with Gasteiger partial charge in [0.25, 0.3) is 5.91 Å². The van der Waals surface area contributed by atoms with E-state index in [1.807, 2.05) is 18.2 Å². The zero-order valence-electron chi connectivity index (χ0n) is 11.4. The second kappa shape index (κ2) is 7.29. The van der Waals surface area contributed by atoms with Crippen LogP contribution in [0.5, 0.6) is 5.75 Å². The Morgan fingerprint density at radius 1 is 1.18 bits per heavy atom. The predicted octanol–water partition coefficient (Wildman–Crippen LogP) is 3.61. The molecule has 0 heterocycles. The zero-order chi connectivity index (χ0) is 15.9. The first-order valence-corrected chi connectivity index (χ1v) is 7.11. The van der Waals surface area contributed by atoms with Crippen LogP contribution in [0.4, 0.5) is 11.4 Å². The summed E-state index contributed by atoms with van der Waals surface area (Å²) in [6, 6.07) is 15.4. The van der Waals surface area contributed by atoms with Gasteiger partial charge in [0.2, 0.25) is 0 Å². The number of carbonyl (C=O) groups excluding carboxylic acids is 1. The number of hydrogen-bond acceptors (Lipinski definition) is 4. The molecular weight excluding hydrogens is 346 g/mol. The number of amides is 1. The highest BCUT2D eigenvalue weighted by Gasteiger charge is 2.11. The molecular formula is C16H12BrN3O2. The summed E-state index contributed by atoms with van der Waals surface area (Å²) in [4.78, 5) is 12.0. The van der Waals surface area contributed by atoms with E-state index in [9.17, 15) is 9.90 Å². The highest BCUT2D eigenvalue weighted by molar-refractivity contribution is 9.10. The summed E-state index contributed by atoms with van der Waals surface area (Å²) in [6.45, 7) is 0. The summed E-state index contributed by atoms with van der Waals surface area (Å²) >= 11 is 3.32. The van der Waals surface area contributed by atoms with Gasteiger partial charge < -0.3 is 15.7 Å². The minimum atomic E-state index is -0.603. The van der Waals surface area contributed by atoms with Crippen molar-refractivity contribution in [2.24, 2.45) is 0 Å². The molecule has 2 aromatic rings. The third-order valence-corrected chi connectivity index (χ3v) is 3.27. The molecule has 0 aromatic heterocycles. The predicted molar refractivity (Wildman–Crippen MR) is 88.2 cm³/mol. The van der Waals surface area contributed by atoms with Crippen LogP contribution in [-0.2, 0) is 4.79 Å². The maximum absolute atomic E-state index is 12.0. The van der Waals surface area contributed by atoms with Crippen molar-refractivity contribution in [3.05, 3.63) is 64.8 Å². The number of anilines is 2. The maximum atomic E-state index is 12.0. The molecule has 1 amide bonds. The molecule has 0 bridgehead atoms. The number of carbonyl (C=O) groups is 1. The molecule has 0 atom stereocenters. The molecule has 2 aromatic carbocycles. The highest BCUT2D eigenvalue weighted by Crippen LogP contribution is 2.22. The van der Waals surface area contributed by atoms with Crippen LogP contribution < -0.4 is 10.6 Å². The molecule has 2 rings (SSSR count). The summed E-state index contributed by atoms with van der Waals surface area (Å²) in [7, 11) is 0. The molecule has 0 aliphatic rings. The third kappa shape index (κ3) is 4.11. The van der Waals surface area contributed by atoms with E-state index < -0.39 is 5.91 Å². The fourth-order valence-electron chi connectivity index (χ4n) is 1.62. The normalized spacial score (nSPS) is 10.6. The number of phenolic OH excluding ortho intramolecular Hbond substituents is 1. The number of para-hydroxylation sites is 2. The Balaban J connectivity index is 2.09. The van der Waals surface area contributed by atoms with Gasteiger partial charge in [-0.1, -0.05) is 28.1 Å². The minimum absolute atomic E-state index is 0.0611. The fraction of sp³-hybridized carbons (Fsp3) is 0.